The number of benzene rings is 3. The monoisotopic (exact) mass is 556 g/mol. The molecule has 0 atom stereocenters. The van der Waals surface area contributed by atoms with E-state index in [0.29, 0.717) is 27.3 Å². The lowest BCUT2D eigenvalue weighted by molar-refractivity contribution is -0.113. The predicted molar refractivity (Wildman–Crippen MR) is 146 cm³/mol. The molecule has 0 saturated heterocycles. The summed E-state index contributed by atoms with van der Waals surface area (Å²) >= 11 is 7.30. The Labute approximate surface area is 224 Å². The number of aryl methyl sites for hydroxylation is 2. The number of para-hydroxylation sites is 1. The summed E-state index contributed by atoms with van der Waals surface area (Å²) in [6.45, 7) is 3.73. The molecule has 8 nitrogen and oxygen atoms in total. The molecule has 1 heterocycles. The molecule has 1 amide bonds. The molecule has 3 aromatic carbocycles. The fourth-order valence-corrected chi connectivity index (χ4v) is 5.74. The van der Waals surface area contributed by atoms with Crippen LogP contribution >= 0.6 is 23.4 Å². The van der Waals surface area contributed by atoms with Crippen molar-refractivity contribution in [1.29, 1.82) is 0 Å². The molecular weight excluding hydrogens is 532 g/mol. The van der Waals surface area contributed by atoms with Crippen molar-refractivity contribution >= 4 is 44.8 Å². The second kappa shape index (κ2) is 11.4. The van der Waals surface area contributed by atoms with Crippen LogP contribution in [-0.2, 0) is 20.4 Å². The van der Waals surface area contributed by atoms with Gasteiger partial charge in [0.15, 0.2) is 20.8 Å². The highest BCUT2D eigenvalue weighted by molar-refractivity contribution is 7.99. The zero-order chi connectivity index (χ0) is 26.6. The van der Waals surface area contributed by atoms with Gasteiger partial charge in [-0.3, -0.25) is 9.36 Å². The lowest BCUT2D eigenvalue weighted by atomic mass is 10.2. The van der Waals surface area contributed by atoms with Gasteiger partial charge in [0.25, 0.3) is 0 Å². The molecule has 1 aromatic heterocycles. The fraction of sp³-hybridized carbons (Fsp3) is 0.192. The van der Waals surface area contributed by atoms with Crippen molar-refractivity contribution in [3.8, 4) is 11.4 Å². The number of sulfone groups is 1. The molecule has 0 radical (unpaired) electrons. The highest BCUT2D eigenvalue weighted by atomic mass is 35.5. The Morgan fingerprint density at radius 2 is 1.76 bits per heavy atom. The normalized spacial score (nSPS) is 11.4. The summed E-state index contributed by atoms with van der Waals surface area (Å²) in [7, 11) is -2.17. The smallest absolute Gasteiger partial charge is 0.234 e. The van der Waals surface area contributed by atoms with Gasteiger partial charge in [-0.05, 0) is 49.7 Å². The topological polar surface area (TPSA) is 103 Å². The summed E-state index contributed by atoms with van der Waals surface area (Å²) in [5.74, 6) is 0.0862. The maximum atomic E-state index is 13.1. The van der Waals surface area contributed by atoms with Crippen LogP contribution in [0.5, 0.6) is 5.75 Å². The van der Waals surface area contributed by atoms with Crippen LogP contribution in [-0.4, -0.2) is 42.0 Å². The van der Waals surface area contributed by atoms with Crippen molar-refractivity contribution in [2.75, 3.05) is 18.2 Å². The minimum Gasteiger partial charge on any atom is -0.495 e. The number of methoxy groups -OCH3 is 1. The fourth-order valence-electron chi connectivity index (χ4n) is 3.57. The van der Waals surface area contributed by atoms with Gasteiger partial charge in [0, 0.05) is 16.8 Å². The van der Waals surface area contributed by atoms with E-state index in [4.69, 9.17) is 16.3 Å². The van der Waals surface area contributed by atoms with Gasteiger partial charge in [0.2, 0.25) is 5.91 Å². The van der Waals surface area contributed by atoms with Crippen LogP contribution in [0.1, 0.15) is 17.0 Å². The number of thioether (sulfide) groups is 1. The number of aromatic nitrogens is 3. The third-order valence-corrected chi connectivity index (χ3v) is 8.47. The summed E-state index contributed by atoms with van der Waals surface area (Å²) in [6, 6.07) is 19.3. The van der Waals surface area contributed by atoms with Gasteiger partial charge in [0.1, 0.15) is 11.5 Å². The number of hydrogen-bond acceptors (Lipinski definition) is 7. The van der Waals surface area contributed by atoms with E-state index < -0.39 is 9.84 Å². The van der Waals surface area contributed by atoms with E-state index in [1.165, 1.54) is 7.11 Å². The highest BCUT2D eigenvalue weighted by Crippen LogP contribution is 2.31. The molecule has 0 aliphatic carbocycles. The third kappa shape index (κ3) is 6.33. The van der Waals surface area contributed by atoms with E-state index in [0.717, 1.165) is 22.9 Å². The molecule has 0 saturated carbocycles. The SMILES string of the molecule is COc1cc(Cl)c(C)cc1NC(=O)CSc1nnc(CS(=O)(=O)c2ccc(C)cc2)n1-c1ccccc1. The molecular formula is C26H25ClN4O4S2. The minimum atomic E-state index is -3.67. The first-order valence-corrected chi connectivity index (χ1v) is 14.3. The summed E-state index contributed by atoms with van der Waals surface area (Å²) in [4.78, 5) is 13.0. The number of ether oxygens (including phenoxy) is 1. The van der Waals surface area contributed by atoms with Gasteiger partial charge in [-0.1, -0.05) is 59.3 Å². The van der Waals surface area contributed by atoms with E-state index >= 15 is 0 Å². The highest BCUT2D eigenvalue weighted by Gasteiger charge is 2.23. The van der Waals surface area contributed by atoms with Gasteiger partial charge in [-0.2, -0.15) is 0 Å². The third-order valence-electron chi connectivity index (χ3n) is 5.50. The predicted octanol–water partition coefficient (Wildman–Crippen LogP) is 5.25. The van der Waals surface area contributed by atoms with Crippen molar-refractivity contribution in [1.82, 2.24) is 14.8 Å². The molecule has 4 aromatic rings. The zero-order valence-electron chi connectivity index (χ0n) is 20.4. The number of halogens is 1. The number of carbonyl (C=O) groups is 1. The molecule has 0 spiro atoms. The van der Waals surface area contributed by atoms with E-state index in [1.54, 1.807) is 41.0 Å². The number of nitrogens with zero attached hydrogens (tertiary/aromatic N) is 3. The molecule has 1 N–H and O–H groups in total. The summed E-state index contributed by atoms with van der Waals surface area (Å²) in [5, 5.41) is 12.2. The Bertz CT molecular complexity index is 1520. The van der Waals surface area contributed by atoms with Crippen LogP contribution in [0.4, 0.5) is 5.69 Å². The zero-order valence-corrected chi connectivity index (χ0v) is 22.8. The van der Waals surface area contributed by atoms with Crippen LogP contribution in [0, 0.1) is 13.8 Å². The van der Waals surface area contributed by atoms with Crippen molar-refractivity contribution in [2.45, 2.75) is 29.7 Å². The maximum absolute atomic E-state index is 13.1. The summed E-state index contributed by atoms with van der Waals surface area (Å²) < 4.78 is 33.2. The van der Waals surface area contributed by atoms with Gasteiger partial charge in [-0.25, -0.2) is 8.42 Å². The molecule has 0 aliphatic rings. The lowest BCUT2D eigenvalue weighted by Crippen LogP contribution is -2.16. The number of amides is 1. The summed E-state index contributed by atoms with van der Waals surface area (Å²) in [6.07, 6.45) is 0. The Hall–Kier alpha value is -3.34. The molecule has 192 valence electrons. The van der Waals surface area contributed by atoms with Crippen LogP contribution in [0.15, 0.2) is 76.8 Å². The molecule has 11 heteroatoms. The van der Waals surface area contributed by atoms with E-state index in [9.17, 15) is 13.2 Å². The summed E-state index contributed by atoms with van der Waals surface area (Å²) in [5.41, 5.74) is 2.97. The molecule has 0 fully saturated rings. The van der Waals surface area contributed by atoms with Crippen LogP contribution < -0.4 is 10.1 Å². The van der Waals surface area contributed by atoms with E-state index in [1.807, 2.05) is 44.2 Å². The standard InChI is InChI=1S/C26H25ClN4O4S2/c1-17-9-11-20(12-10-17)37(33,34)16-24-29-30-26(31(24)19-7-5-4-6-8-19)36-15-25(32)28-22-13-18(2)21(27)14-23(22)35-3/h4-14H,15-16H2,1-3H3,(H,28,32). The van der Waals surface area contributed by atoms with Crippen LogP contribution in [0.3, 0.4) is 0 Å². The first kappa shape index (κ1) is 26.7. The average molecular weight is 557 g/mol. The Morgan fingerprint density at radius 3 is 2.43 bits per heavy atom. The maximum Gasteiger partial charge on any atom is 0.234 e. The second-order valence-electron chi connectivity index (χ2n) is 8.28. The quantitative estimate of drug-likeness (QED) is 0.281. The Morgan fingerprint density at radius 1 is 1.05 bits per heavy atom. The Kier molecular flexibility index (Phi) is 8.21. The Balaban J connectivity index is 1.57. The number of carbonyl (C=O) groups excluding carboxylic acids is 1. The van der Waals surface area contributed by atoms with E-state index in [2.05, 4.69) is 15.5 Å². The lowest BCUT2D eigenvalue weighted by Gasteiger charge is -2.13. The molecule has 0 aliphatic heterocycles. The first-order valence-electron chi connectivity index (χ1n) is 11.2. The minimum absolute atomic E-state index is 0.0144. The largest absolute Gasteiger partial charge is 0.495 e. The number of rotatable bonds is 9. The van der Waals surface area contributed by atoms with Gasteiger partial charge in [-0.15, -0.1) is 10.2 Å². The number of nitrogens with one attached hydrogen (secondary N) is 1. The van der Waals surface area contributed by atoms with Gasteiger partial charge >= 0.3 is 0 Å². The van der Waals surface area contributed by atoms with E-state index in [-0.39, 0.29) is 28.1 Å². The second-order valence-corrected chi connectivity index (χ2v) is 11.6. The van der Waals surface area contributed by atoms with Crippen molar-refractivity contribution in [2.24, 2.45) is 0 Å². The van der Waals surface area contributed by atoms with Crippen molar-refractivity contribution in [3.05, 3.63) is 88.7 Å². The van der Waals surface area contributed by atoms with Crippen LogP contribution in [0.2, 0.25) is 5.02 Å². The van der Waals surface area contributed by atoms with Crippen LogP contribution in [0.25, 0.3) is 5.69 Å². The van der Waals surface area contributed by atoms with Crippen molar-refractivity contribution < 1.29 is 17.9 Å². The molecule has 37 heavy (non-hydrogen) atoms. The molecule has 0 bridgehead atoms. The van der Waals surface area contributed by atoms with Gasteiger partial charge in [0.05, 0.1) is 23.4 Å². The van der Waals surface area contributed by atoms with Crippen molar-refractivity contribution in [3.63, 3.8) is 0 Å². The first-order chi connectivity index (χ1) is 17.7. The number of anilines is 1. The van der Waals surface area contributed by atoms with Gasteiger partial charge < -0.3 is 10.1 Å². The number of hydrogen-bond donors (Lipinski definition) is 1. The average Bonchev–Trinajstić information content (AvgIpc) is 3.27. The molecule has 0 unspecified atom stereocenters. The molecule has 4 rings (SSSR count).